The van der Waals surface area contributed by atoms with Crippen LogP contribution in [0.4, 0.5) is 0 Å². The molecule has 1 aromatic rings. The summed E-state index contributed by atoms with van der Waals surface area (Å²) in [4.78, 5) is 2.57. The number of hydrogen-bond acceptors (Lipinski definition) is 2. The Morgan fingerprint density at radius 1 is 1.33 bits per heavy atom. The lowest BCUT2D eigenvalue weighted by atomic mass is 9.70. The number of methoxy groups -OCH3 is 1. The highest BCUT2D eigenvalue weighted by atomic mass is 35.5. The average Bonchev–Trinajstić information content (AvgIpc) is 2.65. The Bertz CT molecular complexity index is 536. The topological polar surface area (TPSA) is 12.5 Å². The van der Waals surface area contributed by atoms with Gasteiger partial charge in [0.15, 0.2) is 0 Å². The summed E-state index contributed by atoms with van der Waals surface area (Å²) in [6, 6.07) is 6.77. The second-order valence-corrected chi connectivity index (χ2v) is 7.55. The highest BCUT2D eigenvalue weighted by Crippen LogP contribution is 2.52. The maximum atomic E-state index is 6.24. The van der Waals surface area contributed by atoms with Gasteiger partial charge in [0.2, 0.25) is 0 Å². The summed E-state index contributed by atoms with van der Waals surface area (Å²) in [6.07, 6.45) is 3.71. The summed E-state index contributed by atoms with van der Waals surface area (Å²) in [5.41, 5.74) is 1.52. The van der Waals surface area contributed by atoms with Crippen molar-refractivity contribution in [2.45, 2.75) is 43.7 Å². The number of rotatable bonds is 3. The van der Waals surface area contributed by atoms with Crippen LogP contribution in [0, 0.1) is 5.92 Å². The van der Waals surface area contributed by atoms with Gasteiger partial charge in [-0.25, -0.2) is 0 Å². The number of halogens is 2. The van der Waals surface area contributed by atoms with Crippen molar-refractivity contribution in [2.75, 3.05) is 20.8 Å². The molecule has 0 saturated carbocycles. The molecular weight excluding hydrogens is 305 g/mol. The van der Waals surface area contributed by atoms with Crippen molar-refractivity contribution in [2.24, 2.45) is 5.92 Å². The monoisotopic (exact) mass is 327 g/mol. The Morgan fingerprint density at radius 3 is 2.76 bits per heavy atom. The molecule has 3 rings (SSSR count). The van der Waals surface area contributed by atoms with E-state index in [1.165, 1.54) is 24.8 Å². The van der Waals surface area contributed by atoms with E-state index < -0.39 is 0 Å². The first-order valence-electron chi connectivity index (χ1n) is 7.64. The average molecular weight is 328 g/mol. The zero-order chi connectivity index (χ0) is 15.2. The van der Waals surface area contributed by atoms with Crippen LogP contribution < -0.4 is 0 Å². The molecule has 116 valence electrons. The van der Waals surface area contributed by atoms with Crippen LogP contribution in [0.2, 0.25) is 10.0 Å². The lowest BCUT2D eigenvalue weighted by molar-refractivity contribution is -0.0168. The Balaban J connectivity index is 1.98. The third-order valence-corrected chi connectivity index (χ3v) is 6.60. The van der Waals surface area contributed by atoms with Crippen LogP contribution in [0.15, 0.2) is 18.2 Å². The summed E-state index contributed by atoms with van der Waals surface area (Å²) in [6.45, 7) is 3.18. The maximum absolute atomic E-state index is 6.24. The standard InChI is InChI=1S/C17H23Cl2NO/c1-17-7-6-12(20(17)2)9-13(14(17)10-21-3)11-4-5-15(18)16(19)8-11/h4-5,8,12-14H,6-7,9-10H2,1-3H3/t12-,13?,14?,17+/m0/s1. The molecule has 0 spiro atoms. The molecule has 2 aliphatic heterocycles. The predicted molar refractivity (Wildman–Crippen MR) is 88.4 cm³/mol. The molecule has 2 saturated heterocycles. The van der Waals surface area contributed by atoms with Crippen LogP contribution in [0.1, 0.15) is 37.7 Å². The summed E-state index contributed by atoms with van der Waals surface area (Å²) in [5.74, 6) is 0.983. The van der Waals surface area contributed by atoms with E-state index in [1.54, 1.807) is 7.11 Å². The first-order chi connectivity index (χ1) is 9.97. The van der Waals surface area contributed by atoms with Gasteiger partial charge >= 0.3 is 0 Å². The van der Waals surface area contributed by atoms with Crippen LogP contribution in [0.3, 0.4) is 0 Å². The number of ether oxygens (including phenoxy) is 1. The molecule has 0 N–H and O–H groups in total. The minimum absolute atomic E-state index is 0.218. The third kappa shape index (κ3) is 2.50. The van der Waals surface area contributed by atoms with E-state index in [0.29, 0.717) is 27.9 Å². The van der Waals surface area contributed by atoms with Gasteiger partial charge in [-0.3, -0.25) is 4.90 Å². The molecule has 2 unspecified atom stereocenters. The molecule has 0 aliphatic carbocycles. The minimum atomic E-state index is 0.218. The zero-order valence-corrected chi connectivity index (χ0v) is 14.4. The van der Waals surface area contributed by atoms with Crippen LogP contribution in [0.5, 0.6) is 0 Å². The first-order valence-corrected chi connectivity index (χ1v) is 8.40. The van der Waals surface area contributed by atoms with Crippen molar-refractivity contribution in [1.29, 1.82) is 0 Å². The summed E-state index contributed by atoms with van der Waals surface area (Å²) in [7, 11) is 4.07. The maximum Gasteiger partial charge on any atom is 0.0595 e. The van der Waals surface area contributed by atoms with E-state index in [0.717, 1.165) is 6.61 Å². The van der Waals surface area contributed by atoms with E-state index in [4.69, 9.17) is 27.9 Å². The van der Waals surface area contributed by atoms with Crippen molar-refractivity contribution in [3.8, 4) is 0 Å². The normalized spacial score (nSPS) is 36.1. The van der Waals surface area contributed by atoms with Crippen molar-refractivity contribution < 1.29 is 4.74 Å². The van der Waals surface area contributed by atoms with Gasteiger partial charge in [-0.05, 0) is 56.8 Å². The van der Waals surface area contributed by atoms with E-state index in [2.05, 4.69) is 24.9 Å². The van der Waals surface area contributed by atoms with Gasteiger partial charge in [0.25, 0.3) is 0 Å². The lowest BCUT2D eigenvalue weighted by Crippen LogP contribution is -2.55. The largest absolute Gasteiger partial charge is 0.384 e. The van der Waals surface area contributed by atoms with E-state index in [-0.39, 0.29) is 5.54 Å². The molecule has 0 amide bonds. The van der Waals surface area contributed by atoms with Crippen LogP contribution >= 0.6 is 23.2 Å². The summed E-state index contributed by atoms with van der Waals surface area (Å²) >= 11 is 12.3. The number of nitrogens with zero attached hydrogens (tertiary/aromatic N) is 1. The Morgan fingerprint density at radius 2 is 2.10 bits per heavy atom. The molecule has 2 heterocycles. The van der Waals surface area contributed by atoms with Crippen molar-refractivity contribution in [3.05, 3.63) is 33.8 Å². The van der Waals surface area contributed by atoms with Gasteiger partial charge in [-0.1, -0.05) is 29.3 Å². The van der Waals surface area contributed by atoms with Gasteiger partial charge in [0, 0.05) is 24.6 Å². The van der Waals surface area contributed by atoms with E-state index >= 15 is 0 Å². The molecule has 2 aliphatic rings. The molecule has 21 heavy (non-hydrogen) atoms. The van der Waals surface area contributed by atoms with Gasteiger partial charge in [0.1, 0.15) is 0 Å². The molecule has 4 atom stereocenters. The Kier molecular flexibility index (Phi) is 4.26. The van der Waals surface area contributed by atoms with Crippen LogP contribution in [-0.2, 0) is 4.74 Å². The van der Waals surface area contributed by atoms with E-state index in [9.17, 15) is 0 Å². The number of fused-ring (bicyclic) bond motifs is 2. The molecule has 4 heteroatoms. The van der Waals surface area contributed by atoms with Crippen LogP contribution in [0.25, 0.3) is 0 Å². The highest BCUT2D eigenvalue weighted by Gasteiger charge is 2.53. The summed E-state index contributed by atoms with van der Waals surface area (Å²) < 4.78 is 5.57. The van der Waals surface area contributed by atoms with Gasteiger partial charge in [-0.2, -0.15) is 0 Å². The lowest BCUT2D eigenvalue weighted by Gasteiger charge is -2.50. The molecule has 0 radical (unpaired) electrons. The quantitative estimate of drug-likeness (QED) is 0.804. The SMILES string of the molecule is COCC1C(c2ccc(Cl)c(Cl)c2)C[C@@H]2CC[C@@]1(C)N2C. The molecule has 2 bridgehead atoms. The Hall–Kier alpha value is -0.280. The number of benzene rings is 1. The second kappa shape index (κ2) is 5.73. The zero-order valence-electron chi connectivity index (χ0n) is 12.9. The van der Waals surface area contributed by atoms with Crippen molar-refractivity contribution >= 4 is 23.2 Å². The number of piperidine rings is 1. The van der Waals surface area contributed by atoms with Crippen molar-refractivity contribution in [3.63, 3.8) is 0 Å². The number of hydrogen-bond donors (Lipinski definition) is 0. The third-order valence-electron chi connectivity index (χ3n) is 5.87. The Labute approximate surface area is 137 Å². The van der Waals surface area contributed by atoms with E-state index in [1.807, 2.05) is 12.1 Å². The molecular formula is C17H23Cl2NO. The van der Waals surface area contributed by atoms with Crippen molar-refractivity contribution in [1.82, 2.24) is 4.90 Å². The second-order valence-electron chi connectivity index (χ2n) is 6.74. The molecule has 2 fully saturated rings. The fourth-order valence-corrected chi connectivity index (χ4v) is 4.75. The fourth-order valence-electron chi connectivity index (χ4n) is 4.45. The first kappa shape index (κ1) is 15.6. The molecule has 0 aromatic heterocycles. The summed E-state index contributed by atoms with van der Waals surface area (Å²) in [5, 5.41) is 1.28. The highest BCUT2D eigenvalue weighted by molar-refractivity contribution is 6.42. The fraction of sp³-hybridized carbons (Fsp3) is 0.647. The smallest absolute Gasteiger partial charge is 0.0595 e. The molecule has 2 nitrogen and oxygen atoms in total. The minimum Gasteiger partial charge on any atom is -0.384 e. The van der Waals surface area contributed by atoms with Gasteiger partial charge in [-0.15, -0.1) is 0 Å². The van der Waals surface area contributed by atoms with Gasteiger partial charge < -0.3 is 4.74 Å². The van der Waals surface area contributed by atoms with Crippen LogP contribution in [-0.4, -0.2) is 37.2 Å². The van der Waals surface area contributed by atoms with Gasteiger partial charge in [0.05, 0.1) is 16.7 Å². The predicted octanol–water partition coefficient (Wildman–Crippen LogP) is 4.60. The molecule has 1 aromatic carbocycles.